The predicted molar refractivity (Wildman–Crippen MR) is 106 cm³/mol. The van der Waals surface area contributed by atoms with Gasteiger partial charge in [-0.25, -0.2) is 0 Å². The fraction of sp³-hybridized carbons (Fsp3) is 0.650. The van der Waals surface area contributed by atoms with E-state index in [4.69, 9.17) is 4.74 Å². The maximum atomic E-state index is 12.8. The van der Waals surface area contributed by atoms with Crippen LogP contribution in [0.15, 0.2) is 24.3 Å². The van der Waals surface area contributed by atoms with Crippen LogP contribution in [0.4, 0.5) is 0 Å². The lowest BCUT2D eigenvalue weighted by Gasteiger charge is -2.52. The normalized spacial score (nSPS) is 30.2. The zero-order valence-electron chi connectivity index (χ0n) is 14.8. The van der Waals surface area contributed by atoms with Gasteiger partial charge in [-0.05, 0) is 43.6 Å². The van der Waals surface area contributed by atoms with E-state index in [1.807, 2.05) is 24.3 Å². The summed E-state index contributed by atoms with van der Waals surface area (Å²) in [4.78, 5) is 12.8. The SMILES string of the molecule is COc1ccccc1CNC(=O)C1CC2CCCC(C1)C21SCCS1. The fourth-order valence-corrected chi connectivity index (χ4v) is 8.94. The number of amides is 1. The number of thioether (sulfide) groups is 2. The molecule has 1 N–H and O–H groups in total. The summed E-state index contributed by atoms with van der Waals surface area (Å²) in [5.74, 6) is 5.31. The molecule has 2 atom stereocenters. The Labute approximate surface area is 159 Å². The van der Waals surface area contributed by atoms with Crippen LogP contribution in [0.2, 0.25) is 0 Å². The van der Waals surface area contributed by atoms with Gasteiger partial charge in [0.2, 0.25) is 5.91 Å². The number of para-hydroxylation sites is 1. The number of hydrogen-bond donors (Lipinski definition) is 1. The van der Waals surface area contributed by atoms with E-state index in [-0.39, 0.29) is 11.8 Å². The highest BCUT2D eigenvalue weighted by atomic mass is 32.2. The van der Waals surface area contributed by atoms with Crippen molar-refractivity contribution in [2.45, 2.75) is 42.7 Å². The molecule has 2 bridgehead atoms. The molecule has 3 nitrogen and oxygen atoms in total. The number of carbonyl (C=O) groups excluding carboxylic acids is 1. The molecule has 136 valence electrons. The summed E-state index contributed by atoms with van der Waals surface area (Å²) in [6.45, 7) is 0.559. The van der Waals surface area contributed by atoms with Crippen molar-refractivity contribution in [2.75, 3.05) is 18.6 Å². The van der Waals surface area contributed by atoms with E-state index >= 15 is 0 Å². The van der Waals surface area contributed by atoms with Gasteiger partial charge in [-0.3, -0.25) is 4.79 Å². The van der Waals surface area contributed by atoms with Gasteiger partial charge in [0.25, 0.3) is 0 Å². The van der Waals surface area contributed by atoms with Gasteiger partial charge in [-0.2, -0.15) is 0 Å². The van der Waals surface area contributed by atoms with E-state index in [2.05, 4.69) is 28.8 Å². The first-order chi connectivity index (χ1) is 12.2. The molecule has 3 aliphatic rings. The molecule has 2 unspecified atom stereocenters. The fourth-order valence-electron chi connectivity index (χ4n) is 5.00. The summed E-state index contributed by atoms with van der Waals surface area (Å²) in [7, 11) is 1.68. The average molecular weight is 378 g/mol. The first-order valence-electron chi connectivity index (χ1n) is 9.40. The van der Waals surface area contributed by atoms with Crippen molar-refractivity contribution < 1.29 is 9.53 Å². The number of rotatable bonds is 4. The molecule has 25 heavy (non-hydrogen) atoms. The Bertz CT molecular complexity index is 614. The summed E-state index contributed by atoms with van der Waals surface area (Å²) in [5, 5.41) is 3.18. The van der Waals surface area contributed by atoms with Crippen molar-refractivity contribution in [3.05, 3.63) is 29.8 Å². The van der Waals surface area contributed by atoms with Gasteiger partial charge >= 0.3 is 0 Å². The second-order valence-corrected chi connectivity index (χ2v) is 10.4. The molecule has 2 saturated carbocycles. The molecule has 1 aromatic rings. The molecule has 1 aliphatic heterocycles. The van der Waals surface area contributed by atoms with Gasteiger partial charge in [-0.1, -0.05) is 24.6 Å². The van der Waals surface area contributed by atoms with Crippen LogP contribution in [0.1, 0.15) is 37.7 Å². The molecular formula is C20H27NO2S2. The molecule has 3 fully saturated rings. The largest absolute Gasteiger partial charge is 0.496 e. The van der Waals surface area contributed by atoms with Gasteiger partial charge in [-0.15, -0.1) is 23.5 Å². The zero-order valence-corrected chi connectivity index (χ0v) is 16.5. The second-order valence-electron chi connectivity index (χ2n) is 7.44. The monoisotopic (exact) mass is 377 g/mol. The van der Waals surface area contributed by atoms with Gasteiger partial charge < -0.3 is 10.1 Å². The van der Waals surface area contributed by atoms with E-state index in [1.165, 1.54) is 30.8 Å². The number of nitrogens with one attached hydrogen (secondary N) is 1. The summed E-state index contributed by atoms with van der Waals surface area (Å²) in [5.41, 5.74) is 1.05. The average Bonchev–Trinajstić information content (AvgIpc) is 3.09. The van der Waals surface area contributed by atoms with Crippen LogP contribution >= 0.6 is 23.5 Å². The van der Waals surface area contributed by atoms with E-state index < -0.39 is 0 Å². The third kappa shape index (κ3) is 3.30. The Balaban J connectivity index is 1.40. The van der Waals surface area contributed by atoms with Crippen LogP contribution in [-0.2, 0) is 11.3 Å². The van der Waals surface area contributed by atoms with Crippen molar-refractivity contribution in [2.24, 2.45) is 17.8 Å². The summed E-state index contributed by atoms with van der Waals surface area (Å²) in [6.07, 6.45) is 6.13. The third-order valence-electron chi connectivity index (χ3n) is 6.14. The topological polar surface area (TPSA) is 38.3 Å². The van der Waals surface area contributed by atoms with Crippen molar-refractivity contribution in [1.82, 2.24) is 5.32 Å². The van der Waals surface area contributed by atoms with Crippen molar-refractivity contribution in [1.29, 1.82) is 0 Å². The minimum atomic E-state index is 0.192. The van der Waals surface area contributed by atoms with Gasteiger partial charge in [0.15, 0.2) is 0 Å². The Kier molecular flexibility index (Phi) is 5.23. The lowest BCUT2D eigenvalue weighted by atomic mass is 9.67. The van der Waals surface area contributed by atoms with E-state index in [9.17, 15) is 4.79 Å². The Morgan fingerprint density at radius 3 is 2.56 bits per heavy atom. The molecule has 5 heteroatoms. The highest BCUT2D eigenvalue weighted by Crippen LogP contribution is 2.64. The molecule has 1 saturated heterocycles. The number of ether oxygens (including phenoxy) is 1. The highest BCUT2D eigenvalue weighted by molar-refractivity contribution is 8.21. The maximum absolute atomic E-state index is 12.8. The molecular weight excluding hydrogens is 350 g/mol. The molecule has 1 amide bonds. The lowest BCUT2D eigenvalue weighted by Crippen LogP contribution is -2.49. The van der Waals surface area contributed by atoms with E-state index in [0.717, 1.165) is 36.0 Å². The minimum Gasteiger partial charge on any atom is -0.496 e. The van der Waals surface area contributed by atoms with Crippen molar-refractivity contribution >= 4 is 29.4 Å². The van der Waals surface area contributed by atoms with Crippen LogP contribution in [0, 0.1) is 17.8 Å². The van der Waals surface area contributed by atoms with Crippen molar-refractivity contribution in [3.8, 4) is 5.75 Å². The summed E-state index contributed by atoms with van der Waals surface area (Å²) < 4.78 is 5.83. The van der Waals surface area contributed by atoms with Crippen LogP contribution in [0.25, 0.3) is 0 Å². The number of carbonyl (C=O) groups is 1. The van der Waals surface area contributed by atoms with Crippen molar-refractivity contribution in [3.63, 3.8) is 0 Å². The maximum Gasteiger partial charge on any atom is 0.223 e. The first kappa shape index (κ1) is 17.6. The smallest absolute Gasteiger partial charge is 0.223 e. The second kappa shape index (κ2) is 7.43. The number of methoxy groups -OCH3 is 1. The molecule has 4 rings (SSSR count). The molecule has 1 spiro atoms. The Morgan fingerprint density at radius 2 is 1.88 bits per heavy atom. The third-order valence-corrected chi connectivity index (χ3v) is 10.2. The van der Waals surface area contributed by atoms with Gasteiger partial charge in [0.1, 0.15) is 5.75 Å². The first-order valence-corrected chi connectivity index (χ1v) is 11.4. The van der Waals surface area contributed by atoms with Crippen LogP contribution in [0.3, 0.4) is 0 Å². The van der Waals surface area contributed by atoms with Crippen LogP contribution in [-0.4, -0.2) is 28.6 Å². The Hall–Kier alpha value is -0.810. The predicted octanol–water partition coefficient (Wildman–Crippen LogP) is 4.31. The molecule has 0 radical (unpaired) electrons. The van der Waals surface area contributed by atoms with Crippen LogP contribution < -0.4 is 10.1 Å². The van der Waals surface area contributed by atoms with E-state index in [1.54, 1.807) is 7.11 Å². The summed E-state index contributed by atoms with van der Waals surface area (Å²) in [6, 6.07) is 7.93. The van der Waals surface area contributed by atoms with Gasteiger partial charge in [0.05, 0.1) is 11.2 Å². The number of hydrogen-bond acceptors (Lipinski definition) is 4. The lowest BCUT2D eigenvalue weighted by molar-refractivity contribution is -0.127. The highest BCUT2D eigenvalue weighted by Gasteiger charge is 2.55. The molecule has 2 aliphatic carbocycles. The standard InChI is InChI=1S/C20H27NO2S2/c1-23-18-8-3-2-5-14(18)13-21-19(22)15-11-16-6-4-7-17(12-15)20(16)24-9-10-25-20/h2-3,5,8,15-17H,4,6-7,9-13H2,1H3,(H,21,22). The molecule has 1 heterocycles. The Morgan fingerprint density at radius 1 is 1.20 bits per heavy atom. The summed E-state index contributed by atoms with van der Waals surface area (Å²) >= 11 is 4.40. The van der Waals surface area contributed by atoms with Gasteiger partial charge in [0, 0.05) is 29.5 Å². The minimum absolute atomic E-state index is 0.192. The number of benzene rings is 1. The van der Waals surface area contributed by atoms with E-state index in [0.29, 0.717) is 10.6 Å². The zero-order chi connectivity index (χ0) is 17.3. The quantitative estimate of drug-likeness (QED) is 0.848. The molecule has 0 aromatic heterocycles. The molecule has 1 aromatic carbocycles. The van der Waals surface area contributed by atoms with Crippen LogP contribution in [0.5, 0.6) is 5.75 Å².